The van der Waals surface area contributed by atoms with Crippen LogP contribution in [0.5, 0.6) is 0 Å². The number of benzene rings is 1. The first-order chi connectivity index (χ1) is 9.04. The van der Waals surface area contributed by atoms with Crippen molar-refractivity contribution < 1.29 is 19.2 Å². The number of nitrogens with zero attached hydrogens (tertiary/aromatic N) is 1. The van der Waals surface area contributed by atoms with Crippen LogP contribution in [0.4, 0.5) is 5.69 Å². The third-order valence-corrected chi connectivity index (χ3v) is 2.38. The molecule has 19 heavy (non-hydrogen) atoms. The van der Waals surface area contributed by atoms with Gasteiger partial charge in [0.15, 0.2) is 5.78 Å². The maximum Gasteiger partial charge on any atom is 0.310 e. The molecule has 0 saturated heterocycles. The second-order valence-corrected chi connectivity index (χ2v) is 3.74. The van der Waals surface area contributed by atoms with Gasteiger partial charge in [-0.3, -0.25) is 19.7 Å². The molecule has 0 saturated carbocycles. The number of nitro groups is 1. The van der Waals surface area contributed by atoms with E-state index in [1.165, 1.54) is 24.3 Å². The molecule has 1 rings (SSSR count). The van der Waals surface area contributed by atoms with Gasteiger partial charge in [-0.25, -0.2) is 0 Å². The molecule has 0 unspecified atom stereocenters. The number of hydrogen-bond acceptors (Lipinski definition) is 5. The SMILES string of the molecule is C=COC(=O)CCCC(=O)c1cccc([N+](=O)[O-])c1. The van der Waals surface area contributed by atoms with Gasteiger partial charge in [0.05, 0.1) is 11.2 Å². The Labute approximate surface area is 109 Å². The highest BCUT2D eigenvalue weighted by Crippen LogP contribution is 2.15. The molecule has 0 heterocycles. The standard InChI is InChI=1S/C13H13NO5/c1-2-19-13(16)8-4-7-12(15)10-5-3-6-11(9-10)14(17)18/h2-3,5-6,9H,1,4,7-8H2. The summed E-state index contributed by atoms with van der Waals surface area (Å²) in [5, 5.41) is 10.6. The van der Waals surface area contributed by atoms with E-state index < -0.39 is 10.9 Å². The predicted octanol–water partition coefficient (Wildman–Crippen LogP) is 2.63. The van der Waals surface area contributed by atoms with Crippen molar-refractivity contribution in [1.29, 1.82) is 0 Å². The van der Waals surface area contributed by atoms with E-state index in [9.17, 15) is 19.7 Å². The van der Waals surface area contributed by atoms with E-state index >= 15 is 0 Å². The number of Topliss-reactive ketones (excluding diaryl/α,β-unsaturated/α-hetero) is 1. The van der Waals surface area contributed by atoms with Crippen molar-refractivity contribution >= 4 is 17.4 Å². The summed E-state index contributed by atoms with van der Waals surface area (Å²) in [7, 11) is 0. The van der Waals surface area contributed by atoms with Crippen LogP contribution in [0.25, 0.3) is 0 Å². The first-order valence-corrected chi connectivity index (χ1v) is 5.62. The summed E-state index contributed by atoms with van der Waals surface area (Å²) in [5.74, 6) is -0.697. The molecular weight excluding hydrogens is 250 g/mol. The molecular formula is C13H13NO5. The number of carbonyl (C=O) groups excluding carboxylic acids is 2. The Balaban J connectivity index is 2.54. The number of non-ortho nitro benzene ring substituents is 1. The summed E-state index contributed by atoms with van der Waals surface area (Å²) < 4.78 is 4.50. The van der Waals surface area contributed by atoms with Gasteiger partial charge in [-0.2, -0.15) is 0 Å². The average Bonchev–Trinajstić information content (AvgIpc) is 2.39. The summed E-state index contributed by atoms with van der Waals surface area (Å²) in [6.45, 7) is 3.24. The Morgan fingerprint density at radius 3 is 2.74 bits per heavy atom. The first kappa shape index (κ1) is 14.6. The third kappa shape index (κ3) is 4.71. The predicted molar refractivity (Wildman–Crippen MR) is 67.6 cm³/mol. The summed E-state index contributed by atoms with van der Waals surface area (Å²) in [6, 6.07) is 5.51. The Bertz CT molecular complexity index is 510. The Kier molecular flexibility index (Phi) is 5.40. The molecule has 0 bridgehead atoms. The number of esters is 1. The van der Waals surface area contributed by atoms with Crippen molar-refractivity contribution in [2.75, 3.05) is 0 Å². The molecule has 0 radical (unpaired) electrons. The lowest BCUT2D eigenvalue weighted by Crippen LogP contribution is -2.03. The molecule has 1 aromatic carbocycles. The van der Waals surface area contributed by atoms with E-state index in [2.05, 4.69) is 11.3 Å². The molecule has 0 atom stereocenters. The second-order valence-electron chi connectivity index (χ2n) is 3.74. The van der Waals surface area contributed by atoms with Crippen LogP contribution in [-0.2, 0) is 9.53 Å². The minimum atomic E-state index is -0.557. The van der Waals surface area contributed by atoms with Crippen LogP contribution in [-0.4, -0.2) is 16.7 Å². The van der Waals surface area contributed by atoms with Crippen LogP contribution >= 0.6 is 0 Å². The van der Waals surface area contributed by atoms with Crippen molar-refractivity contribution in [2.45, 2.75) is 19.3 Å². The highest BCUT2D eigenvalue weighted by molar-refractivity contribution is 5.96. The van der Waals surface area contributed by atoms with Crippen LogP contribution in [0.2, 0.25) is 0 Å². The molecule has 0 aromatic heterocycles. The van der Waals surface area contributed by atoms with Crippen LogP contribution in [0, 0.1) is 10.1 Å². The number of hydrogen-bond donors (Lipinski definition) is 0. The molecule has 100 valence electrons. The quantitative estimate of drug-likeness (QED) is 0.248. The summed E-state index contributed by atoms with van der Waals surface area (Å²) in [5.41, 5.74) is 0.142. The summed E-state index contributed by atoms with van der Waals surface area (Å²) in [6.07, 6.45) is 1.60. The van der Waals surface area contributed by atoms with E-state index in [0.717, 1.165) is 6.26 Å². The number of nitro benzene ring substituents is 1. The van der Waals surface area contributed by atoms with Gasteiger partial charge in [0, 0.05) is 30.5 Å². The molecule has 0 spiro atoms. The highest BCUT2D eigenvalue weighted by atomic mass is 16.6. The van der Waals surface area contributed by atoms with Crippen molar-refractivity contribution in [3.63, 3.8) is 0 Å². The van der Waals surface area contributed by atoms with Crippen LogP contribution in [0.3, 0.4) is 0 Å². The van der Waals surface area contributed by atoms with Crippen LogP contribution in [0.1, 0.15) is 29.6 Å². The molecule has 0 fully saturated rings. The highest BCUT2D eigenvalue weighted by Gasteiger charge is 2.12. The van der Waals surface area contributed by atoms with Gasteiger partial charge in [-0.15, -0.1) is 0 Å². The molecule has 0 N–H and O–H groups in total. The Morgan fingerprint density at radius 1 is 1.37 bits per heavy atom. The molecule has 6 heteroatoms. The average molecular weight is 263 g/mol. The number of ether oxygens (including phenoxy) is 1. The number of rotatable bonds is 7. The number of carbonyl (C=O) groups is 2. The maximum atomic E-state index is 11.8. The molecule has 0 aliphatic heterocycles. The molecule has 6 nitrogen and oxygen atoms in total. The van der Waals surface area contributed by atoms with E-state index in [0.29, 0.717) is 6.42 Å². The summed E-state index contributed by atoms with van der Waals surface area (Å²) in [4.78, 5) is 32.8. The zero-order chi connectivity index (χ0) is 14.3. The van der Waals surface area contributed by atoms with Crippen LogP contribution < -0.4 is 0 Å². The molecule has 0 aliphatic rings. The van der Waals surface area contributed by atoms with Gasteiger partial charge in [0.2, 0.25) is 0 Å². The van der Waals surface area contributed by atoms with Gasteiger partial charge in [-0.05, 0) is 6.42 Å². The lowest BCUT2D eigenvalue weighted by Gasteiger charge is -2.01. The normalized spacial score (nSPS) is 9.68. The zero-order valence-electron chi connectivity index (χ0n) is 10.2. The minimum Gasteiger partial charge on any atom is -0.435 e. The van der Waals surface area contributed by atoms with Crippen LogP contribution in [0.15, 0.2) is 37.1 Å². The Morgan fingerprint density at radius 2 is 2.11 bits per heavy atom. The zero-order valence-corrected chi connectivity index (χ0v) is 10.2. The van der Waals surface area contributed by atoms with Gasteiger partial charge in [0.25, 0.3) is 5.69 Å². The topological polar surface area (TPSA) is 86.5 Å². The van der Waals surface area contributed by atoms with E-state index in [1.807, 2.05) is 0 Å². The minimum absolute atomic E-state index is 0.104. The van der Waals surface area contributed by atoms with Gasteiger partial charge in [-0.1, -0.05) is 18.7 Å². The monoisotopic (exact) mass is 263 g/mol. The van der Waals surface area contributed by atoms with Gasteiger partial charge in [0.1, 0.15) is 0 Å². The number of ketones is 1. The van der Waals surface area contributed by atoms with E-state index in [-0.39, 0.29) is 29.9 Å². The molecule has 0 aliphatic carbocycles. The smallest absolute Gasteiger partial charge is 0.310 e. The van der Waals surface area contributed by atoms with E-state index in [1.54, 1.807) is 0 Å². The molecule has 0 amide bonds. The maximum absolute atomic E-state index is 11.8. The fourth-order valence-electron chi connectivity index (χ4n) is 1.48. The van der Waals surface area contributed by atoms with Crippen molar-refractivity contribution in [3.8, 4) is 0 Å². The fourth-order valence-corrected chi connectivity index (χ4v) is 1.48. The van der Waals surface area contributed by atoms with E-state index in [4.69, 9.17) is 0 Å². The first-order valence-electron chi connectivity index (χ1n) is 5.62. The fraction of sp³-hybridized carbons (Fsp3) is 0.231. The second kappa shape index (κ2) is 7.05. The van der Waals surface area contributed by atoms with Gasteiger partial charge >= 0.3 is 5.97 Å². The van der Waals surface area contributed by atoms with Gasteiger partial charge < -0.3 is 4.74 Å². The summed E-state index contributed by atoms with van der Waals surface area (Å²) >= 11 is 0. The van der Waals surface area contributed by atoms with Crippen molar-refractivity contribution in [3.05, 3.63) is 52.8 Å². The van der Waals surface area contributed by atoms with Crippen molar-refractivity contribution in [1.82, 2.24) is 0 Å². The molecule has 1 aromatic rings. The third-order valence-electron chi connectivity index (χ3n) is 2.38. The largest absolute Gasteiger partial charge is 0.435 e. The Hall–Kier alpha value is -2.50. The van der Waals surface area contributed by atoms with Crippen molar-refractivity contribution in [2.24, 2.45) is 0 Å². The lowest BCUT2D eigenvalue weighted by molar-refractivity contribution is -0.384. The lowest BCUT2D eigenvalue weighted by atomic mass is 10.1.